The highest BCUT2D eigenvalue weighted by atomic mass is 19.1. The molecule has 0 aliphatic rings. The third-order valence-corrected chi connectivity index (χ3v) is 4.98. The molecule has 0 aliphatic carbocycles. The van der Waals surface area contributed by atoms with Gasteiger partial charge >= 0.3 is 5.63 Å². The van der Waals surface area contributed by atoms with E-state index in [1.165, 1.54) is 12.3 Å². The zero-order chi connectivity index (χ0) is 22.8. The highest BCUT2D eigenvalue weighted by Crippen LogP contribution is 2.24. The summed E-state index contributed by atoms with van der Waals surface area (Å²) in [5.74, 6) is -1.46. The molecule has 0 bridgehead atoms. The number of nitrogens with one attached hydrogen (secondary N) is 1. The summed E-state index contributed by atoms with van der Waals surface area (Å²) < 4.78 is 34.1. The molecular formula is C25H16F2N4O2. The van der Waals surface area contributed by atoms with Crippen LogP contribution in [-0.2, 0) is 0 Å². The molecule has 0 aliphatic heterocycles. The zero-order valence-electron chi connectivity index (χ0n) is 17.1. The summed E-state index contributed by atoms with van der Waals surface area (Å²) in [5.41, 5.74) is 4.37. The summed E-state index contributed by atoms with van der Waals surface area (Å²) in [4.78, 5) is 12.7. The van der Waals surface area contributed by atoms with E-state index in [-0.39, 0.29) is 11.3 Å². The fraction of sp³-hybridized carbons (Fsp3) is 0. The van der Waals surface area contributed by atoms with Crippen LogP contribution in [0, 0.1) is 11.6 Å². The second-order valence-corrected chi connectivity index (χ2v) is 7.19. The molecule has 0 radical (unpaired) electrons. The van der Waals surface area contributed by atoms with E-state index in [4.69, 9.17) is 4.42 Å². The SMILES string of the molecule is O=c1oc2ccccc2cc1-c1nn(-c2ccccc2)cc1C=NNc1ccc(F)cc1F. The van der Waals surface area contributed by atoms with Gasteiger partial charge in [-0.25, -0.2) is 18.3 Å². The molecule has 0 saturated carbocycles. The minimum absolute atomic E-state index is 0.00914. The number of fused-ring (bicyclic) bond motifs is 1. The van der Waals surface area contributed by atoms with Gasteiger partial charge in [-0.2, -0.15) is 10.2 Å². The monoisotopic (exact) mass is 442 g/mol. The van der Waals surface area contributed by atoms with Gasteiger partial charge in [-0.15, -0.1) is 0 Å². The van der Waals surface area contributed by atoms with Gasteiger partial charge in [-0.1, -0.05) is 36.4 Å². The second-order valence-electron chi connectivity index (χ2n) is 7.19. The number of anilines is 1. The molecule has 0 saturated heterocycles. The van der Waals surface area contributed by atoms with Gasteiger partial charge in [0.15, 0.2) is 5.82 Å². The largest absolute Gasteiger partial charge is 0.422 e. The van der Waals surface area contributed by atoms with E-state index >= 15 is 0 Å². The Hall–Kier alpha value is -4.59. The predicted molar refractivity (Wildman–Crippen MR) is 123 cm³/mol. The average molecular weight is 442 g/mol. The van der Waals surface area contributed by atoms with E-state index in [9.17, 15) is 13.6 Å². The summed E-state index contributed by atoms with van der Waals surface area (Å²) in [6.07, 6.45) is 3.12. The van der Waals surface area contributed by atoms with Crippen molar-refractivity contribution in [3.05, 3.63) is 113 Å². The smallest absolute Gasteiger partial charge is 0.345 e. The highest BCUT2D eigenvalue weighted by Gasteiger charge is 2.16. The summed E-state index contributed by atoms with van der Waals surface area (Å²) in [7, 11) is 0. The molecule has 5 rings (SSSR count). The van der Waals surface area contributed by atoms with E-state index in [2.05, 4.69) is 15.6 Å². The van der Waals surface area contributed by atoms with Crippen LogP contribution in [0.2, 0.25) is 0 Å². The first kappa shape index (κ1) is 20.3. The fourth-order valence-corrected chi connectivity index (χ4v) is 3.38. The van der Waals surface area contributed by atoms with Crippen molar-refractivity contribution in [1.29, 1.82) is 0 Å². The third kappa shape index (κ3) is 4.14. The number of halogens is 2. The lowest BCUT2D eigenvalue weighted by Gasteiger charge is -2.02. The maximum absolute atomic E-state index is 13.9. The first-order valence-corrected chi connectivity index (χ1v) is 10.0. The van der Waals surface area contributed by atoms with Crippen molar-refractivity contribution >= 4 is 22.9 Å². The maximum Gasteiger partial charge on any atom is 0.345 e. The number of rotatable bonds is 5. The normalized spacial score (nSPS) is 11.3. The Morgan fingerprint density at radius 1 is 0.970 bits per heavy atom. The Balaban J connectivity index is 1.59. The number of hydrogen-bond donors (Lipinski definition) is 1. The van der Waals surface area contributed by atoms with Crippen molar-refractivity contribution in [2.45, 2.75) is 0 Å². The quantitative estimate of drug-likeness (QED) is 0.226. The van der Waals surface area contributed by atoms with Crippen LogP contribution in [0.25, 0.3) is 27.9 Å². The number of hydrogen-bond acceptors (Lipinski definition) is 5. The predicted octanol–water partition coefficient (Wildman–Crippen LogP) is 5.37. The number of aromatic nitrogens is 2. The molecular weight excluding hydrogens is 426 g/mol. The van der Waals surface area contributed by atoms with Gasteiger partial charge < -0.3 is 4.42 Å². The van der Waals surface area contributed by atoms with Gasteiger partial charge in [0.25, 0.3) is 0 Å². The molecule has 0 atom stereocenters. The van der Waals surface area contributed by atoms with E-state index in [1.54, 1.807) is 29.1 Å². The number of para-hydroxylation sites is 2. The maximum atomic E-state index is 13.9. The Bertz CT molecular complexity index is 1540. The van der Waals surface area contributed by atoms with Crippen molar-refractivity contribution in [2.75, 3.05) is 5.43 Å². The van der Waals surface area contributed by atoms with Crippen molar-refractivity contribution in [1.82, 2.24) is 9.78 Å². The molecule has 1 N–H and O–H groups in total. The van der Waals surface area contributed by atoms with Crippen LogP contribution in [0.3, 0.4) is 0 Å². The average Bonchev–Trinajstić information content (AvgIpc) is 3.24. The molecule has 8 heteroatoms. The molecule has 5 aromatic rings. The summed E-state index contributed by atoms with van der Waals surface area (Å²) in [6.45, 7) is 0. The molecule has 2 heterocycles. The second kappa shape index (κ2) is 8.51. The van der Waals surface area contributed by atoms with Crippen molar-refractivity contribution in [3.8, 4) is 16.9 Å². The Labute approximate surface area is 186 Å². The number of hydrazone groups is 1. The van der Waals surface area contributed by atoms with E-state index in [1.807, 2.05) is 42.5 Å². The van der Waals surface area contributed by atoms with E-state index in [0.29, 0.717) is 16.8 Å². The lowest BCUT2D eigenvalue weighted by molar-refractivity contribution is 0.563. The van der Waals surface area contributed by atoms with Crippen LogP contribution in [0.1, 0.15) is 5.56 Å². The Morgan fingerprint density at radius 2 is 1.76 bits per heavy atom. The van der Waals surface area contributed by atoms with E-state index in [0.717, 1.165) is 23.2 Å². The molecule has 6 nitrogen and oxygen atoms in total. The van der Waals surface area contributed by atoms with Crippen LogP contribution in [0.4, 0.5) is 14.5 Å². The minimum atomic E-state index is -0.775. The molecule has 0 fully saturated rings. The molecule has 2 aromatic heterocycles. The Morgan fingerprint density at radius 3 is 2.58 bits per heavy atom. The van der Waals surface area contributed by atoms with Gasteiger partial charge in [0.05, 0.1) is 23.2 Å². The van der Waals surface area contributed by atoms with Gasteiger partial charge in [0.2, 0.25) is 0 Å². The highest BCUT2D eigenvalue weighted by molar-refractivity contribution is 5.91. The minimum Gasteiger partial charge on any atom is -0.422 e. The fourth-order valence-electron chi connectivity index (χ4n) is 3.38. The topological polar surface area (TPSA) is 72.4 Å². The number of nitrogens with zero attached hydrogens (tertiary/aromatic N) is 3. The zero-order valence-corrected chi connectivity index (χ0v) is 17.1. The summed E-state index contributed by atoms with van der Waals surface area (Å²) in [6, 6.07) is 21.4. The first-order chi connectivity index (χ1) is 16.1. The molecule has 0 unspecified atom stereocenters. The molecule has 0 spiro atoms. The molecule has 33 heavy (non-hydrogen) atoms. The third-order valence-electron chi connectivity index (χ3n) is 4.98. The van der Waals surface area contributed by atoms with Crippen LogP contribution in [0.15, 0.2) is 99.4 Å². The molecule has 0 amide bonds. The summed E-state index contributed by atoms with van der Waals surface area (Å²) >= 11 is 0. The van der Waals surface area contributed by atoms with Crippen LogP contribution >= 0.6 is 0 Å². The van der Waals surface area contributed by atoms with Crippen molar-refractivity contribution < 1.29 is 13.2 Å². The van der Waals surface area contributed by atoms with Crippen LogP contribution in [-0.4, -0.2) is 16.0 Å². The molecule has 3 aromatic carbocycles. The first-order valence-electron chi connectivity index (χ1n) is 10.0. The van der Waals surface area contributed by atoms with Gasteiger partial charge in [-0.3, -0.25) is 5.43 Å². The lowest BCUT2D eigenvalue weighted by Crippen LogP contribution is -2.05. The van der Waals surface area contributed by atoms with Crippen molar-refractivity contribution in [3.63, 3.8) is 0 Å². The van der Waals surface area contributed by atoms with E-state index < -0.39 is 17.3 Å². The van der Waals surface area contributed by atoms with Crippen molar-refractivity contribution in [2.24, 2.45) is 5.10 Å². The van der Waals surface area contributed by atoms with Crippen LogP contribution in [0.5, 0.6) is 0 Å². The van der Waals surface area contributed by atoms with Gasteiger partial charge in [0, 0.05) is 23.2 Å². The Kier molecular flexibility index (Phi) is 5.24. The lowest BCUT2D eigenvalue weighted by atomic mass is 10.1. The number of benzene rings is 3. The summed E-state index contributed by atoms with van der Waals surface area (Å²) in [5, 5.41) is 9.40. The van der Waals surface area contributed by atoms with Crippen LogP contribution < -0.4 is 11.1 Å². The standard InChI is InChI=1S/C25H16F2N4O2/c26-18-10-11-22(21(27)13-18)29-28-14-17-15-31(19-7-2-1-3-8-19)30-24(17)20-12-16-6-4-5-9-23(16)33-25(20)32/h1-15,29H. The van der Waals surface area contributed by atoms with Gasteiger partial charge in [-0.05, 0) is 36.4 Å². The molecule has 162 valence electrons. The van der Waals surface area contributed by atoms with Gasteiger partial charge in [0.1, 0.15) is 17.1 Å².